The summed E-state index contributed by atoms with van der Waals surface area (Å²) in [5.41, 5.74) is 13.3. The summed E-state index contributed by atoms with van der Waals surface area (Å²) in [5, 5.41) is 20.3. The number of amides is 1. The van der Waals surface area contributed by atoms with E-state index in [1.807, 2.05) is 0 Å². The lowest BCUT2D eigenvalue weighted by Crippen LogP contribution is -2.41. The number of nitrogens with zero attached hydrogens (tertiary/aromatic N) is 5. The zero-order valence-electron chi connectivity index (χ0n) is 17.9. The molecule has 3 rings (SSSR count). The summed E-state index contributed by atoms with van der Waals surface area (Å²) < 4.78 is 0. The predicted molar refractivity (Wildman–Crippen MR) is 123 cm³/mol. The Morgan fingerprint density at radius 1 is 1.18 bits per heavy atom. The van der Waals surface area contributed by atoms with E-state index in [9.17, 15) is 19.5 Å². The summed E-state index contributed by atoms with van der Waals surface area (Å²) in [6, 6.07) is 3.25. The van der Waals surface area contributed by atoms with Gasteiger partial charge >= 0.3 is 11.9 Å². The van der Waals surface area contributed by atoms with Gasteiger partial charge in [0.25, 0.3) is 5.91 Å². The van der Waals surface area contributed by atoms with Crippen LogP contribution in [0, 0.1) is 0 Å². The molecule has 0 saturated heterocycles. The first-order valence-corrected chi connectivity index (χ1v) is 10.2. The van der Waals surface area contributed by atoms with Gasteiger partial charge in [-0.3, -0.25) is 9.59 Å². The molecule has 13 nitrogen and oxygen atoms in total. The van der Waals surface area contributed by atoms with Crippen LogP contribution in [0.1, 0.15) is 28.9 Å². The molecule has 0 spiro atoms. The van der Waals surface area contributed by atoms with Crippen LogP contribution in [0.25, 0.3) is 11.2 Å². The van der Waals surface area contributed by atoms with Crippen molar-refractivity contribution in [2.75, 3.05) is 23.4 Å². The molecule has 0 saturated carbocycles. The molecule has 14 heteroatoms. The lowest BCUT2D eigenvalue weighted by Gasteiger charge is -2.20. The summed E-state index contributed by atoms with van der Waals surface area (Å²) in [4.78, 5) is 52.8. The number of nitrogens with two attached hydrogens (primary N) is 2. The minimum absolute atomic E-state index is 0.000465. The SMILES string of the molecule is CN(Cc1cnc2nc(N)nc(N)c2n1)c1ccc(C(=O)N[C@H](CCC(=O)O)C(=O)O)c(Cl)c1. The quantitative estimate of drug-likeness (QED) is 0.284. The lowest BCUT2D eigenvalue weighted by atomic mass is 10.1. The number of nitrogen functional groups attached to an aromatic ring is 2. The smallest absolute Gasteiger partial charge is 0.326 e. The van der Waals surface area contributed by atoms with Crippen LogP contribution in [0.15, 0.2) is 24.4 Å². The van der Waals surface area contributed by atoms with Crippen LogP contribution in [-0.2, 0) is 16.1 Å². The van der Waals surface area contributed by atoms with Crippen molar-refractivity contribution in [1.82, 2.24) is 25.3 Å². The monoisotopic (exact) mass is 488 g/mol. The van der Waals surface area contributed by atoms with Crippen molar-refractivity contribution < 1.29 is 24.6 Å². The molecule has 0 radical (unpaired) electrons. The summed E-state index contributed by atoms with van der Waals surface area (Å²) in [7, 11) is 1.77. The highest BCUT2D eigenvalue weighted by Gasteiger charge is 2.23. The van der Waals surface area contributed by atoms with Crippen LogP contribution in [0.2, 0.25) is 5.02 Å². The minimum Gasteiger partial charge on any atom is -0.481 e. The average molecular weight is 489 g/mol. The van der Waals surface area contributed by atoms with Gasteiger partial charge in [0.05, 0.1) is 29.0 Å². The molecule has 3 aromatic rings. The molecule has 34 heavy (non-hydrogen) atoms. The first-order chi connectivity index (χ1) is 16.0. The number of halogens is 1. The average Bonchev–Trinajstić information content (AvgIpc) is 2.76. The number of aromatic nitrogens is 4. The van der Waals surface area contributed by atoms with E-state index in [0.29, 0.717) is 23.4 Å². The number of hydrogen-bond donors (Lipinski definition) is 5. The highest BCUT2D eigenvalue weighted by Crippen LogP contribution is 2.25. The first-order valence-electron chi connectivity index (χ1n) is 9.86. The second kappa shape index (κ2) is 10.1. The van der Waals surface area contributed by atoms with E-state index in [1.54, 1.807) is 18.0 Å². The highest BCUT2D eigenvalue weighted by molar-refractivity contribution is 6.34. The molecule has 1 atom stereocenters. The van der Waals surface area contributed by atoms with Gasteiger partial charge in [0.15, 0.2) is 17.0 Å². The van der Waals surface area contributed by atoms with E-state index in [0.717, 1.165) is 0 Å². The topological polar surface area (TPSA) is 211 Å². The summed E-state index contributed by atoms with van der Waals surface area (Å²) in [5.74, 6) is -3.12. The molecule has 2 aromatic heterocycles. The maximum atomic E-state index is 12.5. The number of hydrogen-bond acceptors (Lipinski definition) is 10. The molecular weight excluding hydrogens is 468 g/mol. The van der Waals surface area contributed by atoms with Crippen LogP contribution < -0.4 is 21.7 Å². The molecule has 1 amide bonds. The lowest BCUT2D eigenvalue weighted by molar-refractivity contribution is -0.140. The van der Waals surface area contributed by atoms with Crippen LogP contribution in [0.4, 0.5) is 17.5 Å². The normalized spacial score (nSPS) is 11.7. The van der Waals surface area contributed by atoms with Crippen LogP contribution in [0.5, 0.6) is 0 Å². The van der Waals surface area contributed by atoms with Crippen LogP contribution >= 0.6 is 11.6 Å². The zero-order valence-corrected chi connectivity index (χ0v) is 18.7. The number of fused-ring (bicyclic) bond motifs is 1. The molecule has 7 N–H and O–H groups in total. The third kappa shape index (κ3) is 5.75. The Labute approximate surface area is 197 Å². The number of nitrogens with one attached hydrogen (secondary N) is 1. The Kier molecular flexibility index (Phi) is 7.26. The van der Waals surface area contributed by atoms with Gasteiger partial charge in [-0.2, -0.15) is 9.97 Å². The van der Waals surface area contributed by atoms with Gasteiger partial charge in [0.1, 0.15) is 6.04 Å². The number of carboxylic acid groups (broad SMARTS) is 2. The van der Waals surface area contributed by atoms with E-state index in [-0.39, 0.29) is 34.4 Å². The van der Waals surface area contributed by atoms with Crippen molar-refractivity contribution in [1.29, 1.82) is 0 Å². The maximum absolute atomic E-state index is 12.5. The van der Waals surface area contributed by atoms with Crippen molar-refractivity contribution in [2.24, 2.45) is 0 Å². The number of carbonyl (C=O) groups is 3. The summed E-state index contributed by atoms with van der Waals surface area (Å²) in [6.07, 6.45) is 0.860. The predicted octanol–water partition coefficient (Wildman–Crippen LogP) is 0.922. The van der Waals surface area contributed by atoms with Gasteiger partial charge in [-0.1, -0.05) is 11.6 Å². The van der Waals surface area contributed by atoms with E-state index < -0.39 is 30.3 Å². The second-order valence-corrected chi connectivity index (χ2v) is 7.72. The number of rotatable bonds is 9. The molecule has 0 fully saturated rings. The molecule has 178 valence electrons. The number of carbonyl (C=O) groups excluding carboxylic acids is 1. The Morgan fingerprint density at radius 2 is 1.91 bits per heavy atom. The maximum Gasteiger partial charge on any atom is 0.326 e. The zero-order chi connectivity index (χ0) is 25.0. The number of anilines is 3. The molecule has 0 bridgehead atoms. The van der Waals surface area contributed by atoms with Gasteiger partial charge in [0.2, 0.25) is 5.95 Å². The molecule has 0 unspecified atom stereocenters. The van der Waals surface area contributed by atoms with Crippen molar-refractivity contribution in [3.05, 3.63) is 40.7 Å². The Hall–Kier alpha value is -4.26. The standard InChI is InChI=1S/C20H21ClN8O5/c1-29(8-9-7-24-17-15(25-9)16(22)27-20(23)28-17)10-2-3-11(12(21)6-10)18(32)26-13(19(33)34)4-5-14(30)31/h2-3,6-7,13H,4-5,8H2,1H3,(H,26,32)(H,30,31)(H,33,34)(H4,22,23,24,27,28)/t13-/m1/s1. The molecule has 2 heterocycles. The summed E-state index contributed by atoms with van der Waals surface area (Å²) in [6.45, 7) is 0.310. The third-order valence-corrected chi connectivity index (χ3v) is 5.10. The van der Waals surface area contributed by atoms with Crippen LogP contribution in [-0.4, -0.2) is 61.1 Å². The first kappa shape index (κ1) is 24.4. The fraction of sp³-hybridized carbons (Fsp3) is 0.250. The van der Waals surface area contributed by atoms with Crippen LogP contribution in [0.3, 0.4) is 0 Å². The fourth-order valence-corrected chi connectivity index (χ4v) is 3.34. The Morgan fingerprint density at radius 3 is 2.56 bits per heavy atom. The van der Waals surface area contributed by atoms with E-state index >= 15 is 0 Å². The molecule has 0 aliphatic heterocycles. The largest absolute Gasteiger partial charge is 0.481 e. The third-order valence-electron chi connectivity index (χ3n) is 4.79. The van der Waals surface area contributed by atoms with Crippen molar-refractivity contribution >= 4 is 58.1 Å². The van der Waals surface area contributed by atoms with Gasteiger partial charge in [-0.15, -0.1) is 0 Å². The molecule has 0 aliphatic rings. The second-order valence-electron chi connectivity index (χ2n) is 7.32. The number of aliphatic carboxylic acids is 2. The van der Waals surface area contributed by atoms with Gasteiger partial charge in [-0.25, -0.2) is 14.8 Å². The highest BCUT2D eigenvalue weighted by atomic mass is 35.5. The van der Waals surface area contributed by atoms with Gasteiger partial charge in [-0.05, 0) is 24.6 Å². The molecular formula is C20H21ClN8O5. The summed E-state index contributed by atoms with van der Waals surface area (Å²) >= 11 is 6.27. The van der Waals surface area contributed by atoms with Gasteiger partial charge < -0.3 is 31.9 Å². The molecule has 0 aliphatic carbocycles. The number of carboxylic acids is 2. The van der Waals surface area contributed by atoms with E-state index in [4.69, 9.17) is 28.2 Å². The molecule has 1 aromatic carbocycles. The Balaban J connectivity index is 1.73. The Bertz CT molecular complexity index is 1270. The van der Waals surface area contributed by atoms with Crippen molar-refractivity contribution in [3.63, 3.8) is 0 Å². The van der Waals surface area contributed by atoms with E-state index in [1.165, 1.54) is 18.3 Å². The van der Waals surface area contributed by atoms with E-state index in [2.05, 4.69) is 25.3 Å². The fourth-order valence-electron chi connectivity index (χ4n) is 3.08. The van der Waals surface area contributed by atoms with Crippen molar-refractivity contribution in [3.8, 4) is 0 Å². The van der Waals surface area contributed by atoms with Crippen molar-refractivity contribution in [2.45, 2.75) is 25.4 Å². The number of benzene rings is 1. The van der Waals surface area contributed by atoms with Gasteiger partial charge in [0, 0.05) is 19.2 Å². The minimum atomic E-state index is -1.36.